The first-order valence-electron chi connectivity index (χ1n) is 6.36. The number of para-hydroxylation sites is 1. The number of amides is 2. The zero-order valence-corrected chi connectivity index (χ0v) is 11.6. The maximum absolute atomic E-state index is 12.2. The monoisotopic (exact) mass is 266 g/mol. The number of halogens is 1. The van der Waals surface area contributed by atoms with Gasteiger partial charge in [0.15, 0.2) is 0 Å². The molecule has 1 N–H and O–H groups in total. The summed E-state index contributed by atoms with van der Waals surface area (Å²) in [6.07, 6.45) is 1.19. The van der Waals surface area contributed by atoms with Gasteiger partial charge in [0, 0.05) is 13.1 Å². The first-order chi connectivity index (χ1) is 8.56. The van der Waals surface area contributed by atoms with E-state index >= 15 is 0 Å². The molecule has 1 aliphatic heterocycles. The van der Waals surface area contributed by atoms with Gasteiger partial charge in [0.2, 0.25) is 0 Å². The van der Waals surface area contributed by atoms with E-state index in [0.29, 0.717) is 22.5 Å². The second-order valence-corrected chi connectivity index (χ2v) is 5.67. The van der Waals surface area contributed by atoms with Crippen LogP contribution in [0.3, 0.4) is 0 Å². The van der Waals surface area contributed by atoms with E-state index < -0.39 is 0 Å². The number of hydrogen-bond acceptors (Lipinski definition) is 1. The molecule has 18 heavy (non-hydrogen) atoms. The minimum atomic E-state index is -0.0542. The van der Waals surface area contributed by atoms with E-state index in [1.807, 2.05) is 23.1 Å². The second kappa shape index (κ2) is 5.61. The Morgan fingerprint density at radius 1 is 1.28 bits per heavy atom. The van der Waals surface area contributed by atoms with E-state index in [9.17, 15) is 4.79 Å². The summed E-state index contributed by atoms with van der Waals surface area (Å²) in [5.41, 5.74) is 0.676. The Labute approximate surface area is 113 Å². The minimum absolute atomic E-state index is 0.0542. The Balaban J connectivity index is 2.02. The molecule has 2 rings (SSSR count). The number of urea groups is 1. The summed E-state index contributed by atoms with van der Waals surface area (Å²) in [5.74, 6) is 1.12. The molecule has 0 aliphatic carbocycles. The maximum Gasteiger partial charge on any atom is 0.321 e. The predicted octanol–water partition coefficient (Wildman–Crippen LogP) is 3.85. The molecule has 0 spiro atoms. The van der Waals surface area contributed by atoms with Crippen molar-refractivity contribution < 1.29 is 4.79 Å². The Morgan fingerprint density at radius 2 is 1.89 bits per heavy atom. The fourth-order valence-electron chi connectivity index (χ4n) is 2.59. The second-order valence-electron chi connectivity index (χ2n) is 5.26. The average molecular weight is 267 g/mol. The highest BCUT2D eigenvalue weighted by Crippen LogP contribution is 2.24. The van der Waals surface area contributed by atoms with Crippen LogP contribution in [0.25, 0.3) is 0 Å². The Morgan fingerprint density at radius 3 is 2.50 bits per heavy atom. The number of carbonyl (C=O) groups is 1. The maximum atomic E-state index is 12.2. The van der Waals surface area contributed by atoms with Crippen molar-refractivity contribution in [2.75, 3.05) is 18.4 Å². The highest BCUT2D eigenvalue weighted by Gasteiger charge is 2.25. The van der Waals surface area contributed by atoms with Crippen LogP contribution in [0.4, 0.5) is 10.5 Å². The standard InChI is InChI=1S/C14H19ClN2O/c1-10-7-11(2)9-17(8-10)14(18)16-13-6-4-3-5-12(13)15/h3-6,10-11H,7-9H2,1-2H3,(H,16,18). The number of anilines is 1. The molecule has 4 heteroatoms. The molecule has 0 radical (unpaired) electrons. The van der Waals surface area contributed by atoms with Gasteiger partial charge in [0.25, 0.3) is 0 Å². The molecule has 1 aliphatic rings. The van der Waals surface area contributed by atoms with Gasteiger partial charge in [-0.3, -0.25) is 0 Å². The lowest BCUT2D eigenvalue weighted by molar-refractivity contribution is 0.156. The number of likely N-dealkylation sites (tertiary alicyclic amines) is 1. The number of piperidine rings is 1. The number of nitrogens with zero attached hydrogens (tertiary/aromatic N) is 1. The van der Waals surface area contributed by atoms with Crippen LogP contribution in [0, 0.1) is 11.8 Å². The first kappa shape index (κ1) is 13.2. The number of rotatable bonds is 1. The van der Waals surface area contributed by atoms with Crippen molar-refractivity contribution in [1.82, 2.24) is 4.90 Å². The molecule has 1 saturated heterocycles. The van der Waals surface area contributed by atoms with Crippen LogP contribution in [0.2, 0.25) is 5.02 Å². The molecule has 0 aromatic heterocycles. The van der Waals surface area contributed by atoms with Gasteiger partial charge in [-0.05, 0) is 30.4 Å². The predicted molar refractivity (Wildman–Crippen MR) is 75.0 cm³/mol. The van der Waals surface area contributed by atoms with E-state index in [0.717, 1.165) is 13.1 Å². The molecule has 0 bridgehead atoms. The first-order valence-corrected chi connectivity index (χ1v) is 6.74. The topological polar surface area (TPSA) is 32.3 Å². The lowest BCUT2D eigenvalue weighted by Crippen LogP contribution is -2.44. The summed E-state index contributed by atoms with van der Waals surface area (Å²) in [7, 11) is 0. The number of nitrogens with one attached hydrogen (secondary N) is 1. The summed E-state index contributed by atoms with van der Waals surface area (Å²) in [4.78, 5) is 14.0. The molecule has 1 fully saturated rings. The SMILES string of the molecule is CC1CC(C)CN(C(=O)Nc2ccccc2Cl)C1. The Kier molecular flexibility index (Phi) is 4.12. The third-order valence-electron chi connectivity index (χ3n) is 3.27. The molecule has 98 valence electrons. The zero-order chi connectivity index (χ0) is 13.1. The zero-order valence-electron chi connectivity index (χ0n) is 10.8. The summed E-state index contributed by atoms with van der Waals surface area (Å²) < 4.78 is 0. The molecule has 1 aromatic rings. The largest absolute Gasteiger partial charge is 0.324 e. The van der Waals surface area contributed by atoms with Crippen molar-refractivity contribution in [1.29, 1.82) is 0 Å². The van der Waals surface area contributed by atoms with E-state index in [1.165, 1.54) is 6.42 Å². The number of benzene rings is 1. The molecular formula is C14H19ClN2O. The van der Waals surface area contributed by atoms with Crippen LogP contribution < -0.4 is 5.32 Å². The molecule has 3 nitrogen and oxygen atoms in total. The molecule has 1 aromatic carbocycles. The van der Waals surface area contributed by atoms with Crippen molar-refractivity contribution in [2.24, 2.45) is 11.8 Å². The number of carbonyl (C=O) groups excluding carboxylic acids is 1. The van der Waals surface area contributed by atoms with E-state index in [-0.39, 0.29) is 6.03 Å². The van der Waals surface area contributed by atoms with E-state index in [1.54, 1.807) is 6.07 Å². The quantitative estimate of drug-likeness (QED) is 0.823. The van der Waals surface area contributed by atoms with Gasteiger partial charge in [-0.15, -0.1) is 0 Å². The van der Waals surface area contributed by atoms with Gasteiger partial charge in [0.1, 0.15) is 0 Å². The fraction of sp³-hybridized carbons (Fsp3) is 0.500. The van der Waals surface area contributed by atoms with Crippen LogP contribution in [-0.2, 0) is 0 Å². The van der Waals surface area contributed by atoms with Gasteiger partial charge >= 0.3 is 6.03 Å². The molecule has 0 saturated carbocycles. The third-order valence-corrected chi connectivity index (χ3v) is 3.60. The summed E-state index contributed by atoms with van der Waals surface area (Å²) in [5, 5.41) is 3.45. The molecule has 2 amide bonds. The average Bonchev–Trinajstić information content (AvgIpc) is 2.31. The normalized spacial score (nSPS) is 23.8. The van der Waals surface area contributed by atoms with Crippen LogP contribution >= 0.6 is 11.6 Å². The van der Waals surface area contributed by atoms with Crippen LogP contribution in [-0.4, -0.2) is 24.0 Å². The highest BCUT2D eigenvalue weighted by molar-refractivity contribution is 6.33. The summed E-state index contributed by atoms with van der Waals surface area (Å²) in [6, 6.07) is 7.25. The smallest absolute Gasteiger partial charge is 0.321 e. The fourth-order valence-corrected chi connectivity index (χ4v) is 2.77. The minimum Gasteiger partial charge on any atom is -0.324 e. The van der Waals surface area contributed by atoms with Gasteiger partial charge in [-0.25, -0.2) is 4.79 Å². The van der Waals surface area contributed by atoms with Crippen molar-refractivity contribution in [3.8, 4) is 0 Å². The lowest BCUT2D eigenvalue weighted by Gasteiger charge is -2.35. The van der Waals surface area contributed by atoms with Crippen molar-refractivity contribution in [2.45, 2.75) is 20.3 Å². The molecular weight excluding hydrogens is 248 g/mol. The Hall–Kier alpha value is -1.22. The highest BCUT2D eigenvalue weighted by atomic mass is 35.5. The van der Waals surface area contributed by atoms with Crippen LogP contribution in [0.15, 0.2) is 24.3 Å². The lowest BCUT2D eigenvalue weighted by atomic mass is 9.92. The molecule has 1 heterocycles. The van der Waals surface area contributed by atoms with E-state index in [4.69, 9.17) is 11.6 Å². The summed E-state index contributed by atoms with van der Waals surface area (Å²) in [6.45, 7) is 6.01. The third kappa shape index (κ3) is 3.16. The summed E-state index contributed by atoms with van der Waals surface area (Å²) >= 11 is 6.03. The van der Waals surface area contributed by atoms with Gasteiger partial charge in [-0.2, -0.15) is 0 Å². The van der Waals surface area contributed by atoms with Gasteiger partial charge < -0.3 is 10.2 Å². The Bertz CT molecular complexity index is 426. The van der Waals surface area contributed by atoms with Crippen molar-refractivity contribution >= 4 is 23.3 Å². The van der Waals surface area contributed by atoms with Crippen LogP contribution in [0.1, 0.15) is 20.3 Å². The number of hydrogen-bond donors (Lipinski definition) is 1. The molecule has 2 atom stereocenters. The van der Waals surface area contributed by atoms with Gasteiger partial charge in [-0.1, -0.05) is 37.6 Å². The van der Waals surface area contributed by atoms with Gasteiger partial charge in [0.05, 0.1) is 10.7 Å². The van der Waals surface area contributed by atoms with Crippen molar-refractivity contribution in [3.63, 3.8) is 0 Å². The van der Waals surface area contributed by atoms with Crippen LogP contribution in [0.5, 0.6) is 0 Å². The van der Waals surface area contributed by atoms with E-state index in [2.05, 4.69) is 19.2 Å². The van der Waals surface area contributed by atoms with Crippen molar-refractivity contribution in [3.05, 3.63) is 29.3 Å². The molecule has 2 unspecified atom stereocenters.